The van der Waals surface area contributed by atoms with E-state index in [1.54, 1.807) is 0 Å². The van der Waals surface area contributed by atoms with E-state index in [0.29, 0.717) is 13.2 Å². The van der Waals surface area contributed by atoms with E-state index in [4.69, 9.17) is 10.5 Å². The van der Waals surface area contributed by atoms with Crippen molar-refractivity contribution in [3.05, 3.63) is 34.3 Å². The number of hydrogen-bond donors (Lipinski definition) is 2. The summed E-state index contributed by atoms with van der Waals surface area (Å²) in [6.45, 7) is 1.92. The van der Waals surface area contributed by atoms with Crippen molar-refractivity contribution >= 4 is 15.9 Å². The third kappa shape index (κ3) is 3.32. The topological polar surface area (TPSA) is 55.5 Å². The largest absolute Gasteiger partial charge is 0.392 e. The molecule has 18 heavy (non-hydrogen) atoms. The summed E-state index contributed by atoms with van der Waals surface area (Å²) in [5.41, 5.74) is 6.93. The Morgan fingerprint density at radius 1 is 1.39 bits per heavy atom. The number of aliphatic hydroxyl groups excluding tert-OH is 1. The van der Waals surface area contributed by atoms with Crippen molar-refractivity contribution in [1.82, 2.24) is 0 Å². The van der Waals surface area contributed by atoms with Gasteiger partial charge in [-0.2, -0.15) is 0 Å². The molecule has 3 N–H and O–H groups in total. The van der Waals surface area contributed by atoms with Crippen LogP contribution >= 0.6 is 15.9 Å². The van der Waals surface area contributed by atoms with Crippen molar-refractivity contribution in [2.24, 2.45) is 11.7 Å². The first-order valence-electron chi connectivity index (χ1n) is 6.43. The van der Waals surface area contributed by atoms with Gasteiger partial charge >= 0.3 is 0 Å². The monoisotopic (exact) mass is 313 g/mol. The van der Waals surface area contributed by atoms with Crippen LogP contribution in [0.1, 0.15) is 24.3 Å². The van der Waals surface area contributed by atoms with Gasteiger partial charge in [0.15, 0.2) is 0 Å². The molecule has 100 valence electrons. The zero-order chi connectivity index (χ0) is 13.0. The minimum Gasteiger partial charge on any atom is -0.392 e. The van der Waals surface area contributed by atoms with Crippen LogP contribution in [0.4, 0.5) is 0 Å². The zero-order valence-electron chi connectivity index (χ0n) is 10.4. The highest BCUT2D eigenvalue weighted by Gasteiger charge is 2.29. The molecule has 0 radical (unpaired) electrons. The van der Waals surface area contributed by atoms with Crippen LogP contribution in [-0.2, 0) is 4.74 Å². The van der Waals surface area contributed by atoms with Gasteiger partial charge in [-0.3, -0.25) is 0 Å². The molecule has 1 aliphatic heterocycles. The summed E-state index contributed by atoms with van der Waals surface area (Å²) in [6, 6.07) is 8.02. The second kappa shape index (κ2) is 6.66. The summed E-state index contributed by atoms with van der Waals surface area (Å²) in [4.78, 5) is 0. The lowest BCUT2D eigenvalue weighted by atomic mass is 9.83. The Balaban J connectivity index is 2.09. The van der Waals surface area contributed by atoms with Crippen molar-refractivity contribution in [2.45, 2.75) is 24.9 Å². The van der Waals surface area contributed by atoms with Crippen LogP contribution in [0.3, 0.4) is 0 Å². The first-order chi connectivity index (χ1) is 8.72. The molecule has 0 aliphatic carbocycles. The molecule has 1 aromatic rings. The molecular formula is C14H20BrNO2. The van der Waals surface area contributed by atoms with Crippen LogP contribution in [-0.4, -0.2) is 31.0 Å². The maximum absolute atomic E-state index is 10.5. The van der Waals surface area contributed by atoms with Crippen LogP contribution < -0.4 is 5.73 Å². The molecule has 2 rings (SSSR count). The van der Waals surface area contributed by atoms with Crippen LogP contribution in [0.15, 0.2) is 28.7 Å². The minimum absolute atomic E-state index is 0.00944. The molecule has 0 bridgehead atoms. The lowest BCUT2D eigenvalue weighted by Gasteiger charge is -2.32. The van der Waals surface area contributed by atoms with Crippen molar-refractivity contribution in [3.63, 3.8) is 0 Å². The van der Waals surface area contributed by atoms with Crippen molar-refractivity contribution in [1.29, 1.82) is 0 Å². The molecule has 3 atom stereocenters. The van der Waals surface area contributed by atoms with Crippen molar-refractivity contribution in [2.75, 3.05) is 19.8 Å². The summed E-state index contributed by atoms with van der Waals surface area (Å²) in [5.74, 6) is 0.195. The molecule has 3 nitrogen and oxygen atoms in total. The van der Waals surface area contributed by atoms with Gasteiger partial charge in [0.2, 0.25) is 0 Å². The van der Waals surface area contributed by atoms with Crippen LogP contribution in [0.2, 0.25) is 0 Å². The SMILES string of the molecule is NCC(c1ccc(Br)cc1)C(O)C1CCCOC1. The van der Waals surface area contributed by atoms with E-state index in [-0.39, 0.29) is 11.8 Å². The normalized spacial score (nSPS) is 23.6. The van der Waals surface area contributed by atoms with Gasteiger partial charge in [0.1, 0.15) is 0 Å². The summed E-state index contributed by atoms with van der Waals surface area (Å²) in [6.07, 6.45) is 1.63. The fourth-order valence-electron chi connectivity index (χ4n) is 2.55. The number of halogens is 1. The number of benzene rings is 1. The Hall–Kier alpha value is -0.420. The highest BCUT2D eigenvalue weighted by atomic mass is 79.9. The fourth-order valence-corrected chi connectivity index (χ4v) is 2.81. The van der Waals surface area contributed by atoms with E-state index in [9.17, 15) is 5.11 Å². The Labute approximate surface area is 116 Å². The summed E-state index contributed by atoms with van der Waals surface area (Å²) < 4.78 is 6.48. The van der Waals surface area contributed by atoms with Gasteiger partial charge in [-0.1, -0.05) is 28.1 Å². The van der Waals surface area contributed by atoms with E-state index in [2.05, 4.69) is 15.9 Å². The second-order valence-electron chi connectivity index (χ2n) is 4.86. The summed E-state index contributed by atoms with van der Waals surface area (Å²) >= 11 is 3.42. The molecule has 1 fully saturated rings. The lowest BCUT2D eigenvalue weighted by Crippen LogP contribution is -2.36. The van der Waals surface area contributed by atoms with Gasteiger partial charge in [-0.15, -0.1) is 0 Å². The molecule has 1 aromatic carbocycles. The maximum Gasteiger partial charge on any atom is 0.0670 e. The van der Waals surface area contributed by atoms with Crippen LogP contribution in [0.25, 0.3) is 0 Å². The second-order valence-corrected chi connectivity index (χ2v) is 5.78. The molecule has 1 saturated heterocycles. The summed E-state index contributed by atoms with van der Waals surface area (Å²) in [5, 5.41) is 10.5. The third-order valence-electron chi connectivity index (χ3n) is 3.64. The Kier molecular flexibility index (Phi) is 5.18. The first kappa shape index (κ1) is 14.0. The Morgan fingerprint density at radius 2 is 2.11 bits per heavy atom. The van der Waals surface area contributed by atoms with E-state index in [1.807, 2.05) is 24.3 Å². The molecule has 0 spiro atoms. The molecule has 0 saturated carbocycles. The number of aliphatic hydroxyl groups is 1. The predicted octanol–water partition coefficient (Wildman–Crippen LogP) is 2.28. The Morgan fingerprint density at radius 3 is 2.67 bits per heavy atom. The van der Waals surface area contributed by atoms with E-state index in [1.165, 1.54) is 0 Å². The number of nitrogens with two attached hydrogens (primary N) is 1. The molecule has 0 aromatic heterocycles. The van der Waals surface area contributed by atoms with Crippen LogP contribution in [0.5, 0.6) is 0 Å². The van der Waals surface area contributed by atoms with Gasteiger partial charge in [0, 0.05) is 29.5 Å². The third-order valence-corrected chi connectivity index (χ3v) is 4.17. The number of ether oxygens (including phenoxy) is 1. The van der Waals surface area contributed by atoms with Gasteiger partial charge in [-0.25, -0.2) is 0 Å². The van der Waals surface area contributed by atoms with E-state index >= 15 is 0 Å². The van der Waals surface area contributed by atoms with E-state index in [0.717, 1.165) is 29.5 Å². The molecule has 4 heteroatoms. The maximum atomic E-state index is 10.5. The lowest BCUT2D eigenvalue weighted by molar-refractivity contribution is -0.0184. The Bertz CT molecular complexity index is 363. The predicted molar refractivity (Wildman–Crippen MR) is 75.5 cm³/mol. The molecular weight excluding hydrogens is 294 g/mol. The molecule has 3 unspecified atom stereocenters. The van der Waals surface area contributed by atoms with Crippen molar-refractivity contribution in [3.8, 4) is 0 Å². The van der Waals surface area contributed by atoms with E-state index < -0.39 is 6.10 Å². The van der Waals surface area contributed by atoms with Crippen molar-refractivity contribution < 1.29 is 9.84 Å². The molecule has 1 aliphatic rings. The summed E-state index contributed by atoms with van der Waals surface area (Å²) in [7, 11) is 0. The van der Waals surface area contributed by atoms with Gasteiger partial charge in [0.05, 0.1) is 12.7 Å². The zero-order valence-corrected chi connectivity index (χ0v) is 12.0. The fraction of sp³-hybridized carbons (Fsp3) is 0.571. The quantitative estimate of drug-likeness (QED) is 0.896. The first-order valence-corrected chi connectivity index (χ1v) is 7.23. The number of rotatable bonds is 4. The average molecular weight is 314 g/mol. The highest BCUT2D eigenvalue weighted by Crippen LogP contribution is 2.29. The van der Waals surface area contributed by atoms with Gasteiger partial charge < -0.3 is 15.6 Å². The van der Waals surface area contributed by atoms with Gasteiger partial charge in [-0.05, 0) is 30.5 Å². The molecule has 0 amide bonds. The number of hydrogen-bond acceptors (Lipinski definition) is 3. The van der Waals surface area contributed by atoms with Crippen LogP contribution in [0, 0.1) is 5.92 Å². The average Bonchev–Trinajstić information content (AvgIpc) is 2.42. The standard InChI is InChI=1S/C14H20BrNO2/c15-12-5-3-10(4-6-12)13(8-16)14(17)11-2-1-7-18-9-11/h3-6,11,13-14,17H,1-2,7-9,16H2. The smallest absolute Gasteiger partial charge is 0.0670 e. The minimum atomic E-state index is -0.420. The van der Waals surface area contributed by atoms with Gasteiger partial charge in [0.25, 0.3) is 0 Å². The highest BCUT2D eigenvalue weighted by molar-refractivity contribution is 9.10. The molecule has 1 heterocycles.